The Labute approximate surface area is 287 Å². The predicted molar refractivity (Wildman–Crippen MR) is 195 cm³/mol. The minimum atomic E-state index is -1.11. The quantitative estimate of drug-likeness (QED) is 0.160. The summed E-state index contributed by atoms with van der Waals surface area (Å²) in [5, 5.41) is 5.32. The van der Waals surface area contributed by atoms with E-state index in [9.17, 15) is 0 Å². The van der Waals surface area contributed by atoms with Crippen LogP contribution in [0.3, 0.4) is 0 Å². The molecule has 0 radical (unpaired) electrons. The molecule has 6 heteroatoms. The van der Waals surface area contributed by atoms with Crippen LogP contribution in [0, 0.1) is 5.41 Å². The summed E-state index contributed by atoms with van der Waals surface area (Å²) in [6.07, 6.45) is 0. The maximum Gasteiger partial charge on any atom is 2.00 e. The molecule has 0 aromatic heterocycles. The molecule has 2 rings (SSSR count). The van der Waals surface area contributed by atoms with Crippen molar-refractivity contribution < 1.29 is 0 Å². The van der Waals surface area contributed by atoms with Crippen LogP contribution in [0.4, 0.5) is 11.4 Å². The van der Waals surface area contributed by atoms with Crippen LogP contribution in [0.15, 0.2) is 41.4 Å². The fourth-order valence-corrected chi connectivity index (χ4v) is 12.9. The van der Waals surface area contributed by atoms with Crippen molar-refractivity contribution in [3.05, 3.63) is 68.6 Å². The first-order valence-electron chi connectivity index (χ1n) is 15.4. The molecule has 0 N–H and O–H groups in total. The summed E-state index contributed by atoms with van der Waals surface area (Å²) in [7, 11) is -2.21. The van der Waals surface area contributed by atoms with Crippen LogP contribution in [0.25, 0.3) is 9.96 Å². The maximum absolute atomic E-state index is 5.32. The molecule has 0 fully saturated rings. The first-order chi connectivity index (χ1) is 18.0. The number of benzene rings is 2. The Bertz CT molecular complexity index is 1050. The molecular formula is C35H61CaN3Si2. The van der Waals surface area contributed by atoms with Gasteiger partial charge in [0.05, 0.1) is 0 Å². The molecule has 226 valence electrons. The van der Waals surface area contributed by atoms with Crippen molar-refractivity contribution in [1.82, 2.24) is 0 Å². The van der Waals surface area contributed by atoms with E-state index in [1.807, 2.05) is 0 Å². The number of hydrogen-bond donors (Lipinski definition) is 0. The van der Waals surface area contributed by atoms with Gasteiger partial charge < -0.3 is 15.0 Å². The van der Waals surface area contributed by atoms with Gasteiger partial charge in [0, 0.05) is 0 Å². The van der Waals surface area contributed by atoms with Crippen LogP contribution >= 0.6 is 0 Å². The van der Waals surface area contributed by atoms with Gasteiger partial charge in [-0.25, -0.2) is 0 Å². The second-order valence-corrected chi connectivity index (χ2v) is 25.0. The first kappa shape index (κ1) is 40.6. The van der Waals surface area contributed by atoms with E-state index in [-0.39, 0.29) is 43.2 Å². The number of para-hydroxylation sites is 2. The zero-order valence-corrected chi connectivity index (χ0v) is 34.0. The standard InChI is InChI=1S/C29H43N2.C6H18NSi2.Ca/c1-18(2)22-14-12-15-23(19(3)4)26(22)30-28(29(9,10)11)31-27-24(20(5)6)16-13-17-25(27)21(7)8;1-8(2,3)7-9(4,5)6;/h12-21H,1-11H3;1-6H3;/q2*-1;+2. The SMILES string of the molecule is CC(C)c1cccc(C(C)C)c1N=C([N-]c1c(C(C)C)cccc1C(C)C)C(C)(C)C.C[Si](C)(C)[N-][Si](C)(C)C.[Ca+2]. The molecule has 0 spiro atoms. The minimum Gasteiger partial charge on any atom is -0.668 e. The Hall–Kier alpha value is -0.436. The summed E-state index contributed by atoms with van der Waals surface area (Å²) < 4.78 is 4.82. The fraction of sp³-hybridized carbons (Fsp3) is 0.629. The molecule has 0 aliphatic heterocycles. The maximum atomic E-state index is 5.32. The van der Waals surface area contributed by atoms with Gasteiger partial charge in [0.2, 0.25) is 0 Å². The van der Waals surface area contributed by atoms with Gasteiger partial charge in [-0.3, -0.25) is 0 Å². The summed E-state index contributed by atoms with van der Waals surface area (Å²) >= 11 is 0. The Morgan fingerprint density at radius 1 is 0.610 bits per heavy atom. The Balaban J connectivity index is 0.00000138. The molecule has 0 heterocycles. The summed E-state index contributed by atoms with van der Waals surface area (Å²) in [5.41, 5.74) is 7.22. The number of rotatable bonds is 8. The van der Waals surface area contributed by atoms with Crippen molar-refractivity contribution in [2.24, 2.45) is 10.4 Å². The molecule has 3 nitrogen and oxygen atoms in total. The summed E-state index contributed by atoms with van der Waals surface area (Å²) in [4.78, 5) is 5.32. The number of amidine groups is 1. The third-order valence-electron chi connectivity index (χ3n) is 6.46. The van der Waals surface area contributed by atoms with Crippen LogP contribution in [0.2, 0.25) is 39.3 Å². The van der Waals surface area contributed by atoms with Gasteiger partial charge >= 0.3 is 37.7 Å². The molecule has 41 heavy (non-hydrogen) atoms. The normalized spacial score (nSPS) is 13.0. The number of hydrogen-bond acceptors (Lipinski definition) is 1. The van der Waals surface area contributed by atoms with Crippen molar-refractivity contribution in [3.63, 3.8) is 0 Å². The molecule has 0 bridgehead atoms. The summed E-state index contributed by atoms with van der Waals surface area (Å²) in [6, 6.07) is 13.2. The second kappa shape index (κ2) is 16.6. The zero-order valence-electron chi connectivity index (χ0n) is 29.8. The van der Waals surface area contributed by atoms with E-state index in [0.29, 0.717) is 23.7 Å². The van der Waals surface area contributed by atoms with Gasteiger partial charge in [0.25, 0.3) is 0 Å². The third-order valence-corrected chi connectivity index (χ3v) is 11.8. The van der Waals surface area contributed by atoms with Crippen LogP contribution in [-0.4, -0.2) is 60.0 Å². The van der Waals surface area contributed by atoms with Crippen molar-refractivity contribution in [3.8, 4) is 0 Å². The number of nitrogens with zero attached hydrogens (tertiary/aromatic N) is 3. The van der Waals surface area contributed by atoms with Gasteiger partial charge in [-0.2, -0.15) is 0 Å². The van der Waals surface area contributed by atoms with Crippen LogP contribution < -0.4 is 0 Å². The first-order valence-corrected chi connectivity index (χ1v) is 22.2. The van der Waals surface area contributed by atoms with Crippen molar-refractivity contribution in [1.29, 1.82) is 0 Å². The zero-order chi connectivity index (χ0) is 31.2. The van der Waals surface area contributed by atoms with Crippen molar-refractivity contribution in [2.75, 3.05) is 0 Å². The van der Waals surface area contributed by atoms with Gasteiger partial charge in [-0.1, -0.05) is 174 Å². The van der Waals surface area contributed by atoms with Crippen molar-refractivity contribution >= 4 is 71.4 Å². The van der Waals surface area contributed by atoms with E-state index >= 15 is 0 Å². The van der Waals surface area contributed by atoms with Crippen LogP contribution in [0.1, 0.15) is 122 Å². The van der Waals surface area contributed by atoms with Gasteiger partial charge in [0.1, 0.15) is 0 Å². The summed E-state index contributed by atoms with van der Waals surface area (Å²) in [6.45, 7) is 38.4. The van der Waals surface area contributed by atoms with E-state index < -0.39 is 16.5 Å². The fourth-order valence-electron chi connectivity index (χ4n) is 4.86. The third kappa shape index (κ3) is 13.8. The Morgan fingerprint density at radius 2 is 0.927 bits per heavy atom. The van der Waals surface area contributed by atoms with Crippen LogP contribution in [0.5, 0.6) is 0 Å². The average molecular weight is 620 g/mol. The minimum absolute atomic E-state index is 0. The molecule has 0 saturated carbocycles. The predicted octanol–water partition coefficient (Wildman–Crippen LogP) is 12.6. The molecule has 2 aromatic carbocycles. The van der Waals surface area contributed by atoms with Crippen molar-refractivity contribution in [2.45, 2.75) is 139 Å². The topological polar surface area (TPSA) is 40.6 Å². The molecule has 0 unspecified atom stereocenters. The van der Waals surface area contributed by atoms with Gasteiger partial charge in [0.15, 0.2) is 0 Å². The number of aliphatic imine (C=N–C) groups is 1. The van der Waals surface area contributed by atoms with Gasteiger partial charge in [-0.15, -0.1) is 0 Å². The monoisotopic (exact) mass is 619 g/mol. The second-order valence-electron chi connectivity index (χ2n) is 15.4. The van der Waals surface area contributed by atoms with Gasteiger partial charge in [-0.05, 0) is 62.7 Å². The molecule has 0 atom stereocenters. The molecule has 0 amide bonds. The average Bonchev–Trinajstić information content (AvgIpc) is 2.75. The Kier molecular flexibility index (Phi) is 16.4. The van der Waals surface area contributed by atoms with E-state index in [2.05, 4.69) is 152 Å². The van der Waals surface area contributed by atoms with Crippen LogP contribution in [-0.2, 0) is 0 Å². The smallest absolute Gasteiger partial charge is 0.668 e. The summed E-state index contributed by atoms with van der Waals surface area (Å²) in [5.74, 6) is 2.54. The molecule has 0 aliphatic carbocycles. The molecule has 0 saturated heterocycles. The van der Waals surface area contributed by atoms with E-state index in [1.54, 1.807) is 0 Å². The largest absolute Gasteiger partial charge is 2.00 e. The molecule has 2 aromatic rings. The molecule has 0 aliphatic rings. The van der Waals surface area contributed by atoms with E-state index in [1.165, 1.54) is 22.3 Å². The van der Waals surface area contributed by atoms with E-state index in [4.69, 9.17) is 15.0 Å². The van der Waals surface area contributed by atoms with E-state index in [0.717, 1.165) is 17.2 Å². The Morgan fingerprint density at radius 3 is 1.17 bits per heavy atom. The molecular weight excluding hydrogens is 559 g/mol.